The predicted molar refractivity (Wildman–Crippen MR) is 94.7 cm³/mol. The maximum absolute atomic E-state index is 12.7. The van der Waals surface area contributed by atoms with Gasteiger partial charge < -0.3 is 10.1 Å². The first-order valence-corrected chi connectivity index (χ1v) is 7.86. The molecule has 1 aromatic carbocycles. The monoisotopic (exact) mass is 405 g/mol. The molecule has 0 saturated carbocycles. The van der Waals surface area contributed by atoms with Crippen LogP contribution in [0, 0.1) is 10.1 Å². The number of nitro groups is 1. The summed E-state index contributed by atoms with van der Waals surface area (Å²) in [5.74, 6) is -5.22. The Morgan fingerprint density at radius 3 is 2.36 bits per heavy atom. The molecule has 0 unspecified atom stereocenters. The summed E-state index contributed by atoms with van der Waals surface area (Å²) in [6.45, 7) is 0. The van der Waals surface area contributed by atoms with Crippen LogP contribution >= 0.6 is 12.2 Å². The van der Waals surface area contributed by atoms with Gasteiger partial charge >= 0.3 is 5.97 Å². The summed E-state index contributed by atoms with van der Waals surface area (Å²) in [6, 6.07) is 4.22. The number of ether oxygens (including phenoxy) is 1. The molecule has 11 nitrogen and oxygen atoms in total. The molecule has 1 N–H and O–H groups in total. The molecule has 1 heterocycles. The number of benzene rings is 1. The van der Waals surface area contributed by atoms with Gasteiger partial charge in [-0.1, -0.05) is 0 Å². The lowest BCUT2D eigenvalue weighted by atomic mass is 10.00. The number of non-ortho nitro benzene ring substituents is 1. The Morgan fingerprint density at radius 2 is 1.86 bits per heavy atom. The minimum absolute atomic E-state index is 0.159. The van der Waals surface area contributed by atoms with E-state index in [0.29, 0.717) is 4.90 Å². The number of carbonyl (C=O) groups excluding carboxylic acids is 5. The summed E-state index contributed by atoms with van der Waals surface area (Å²) in [6.07, 6.45) is 0.148. The second-order valence-corrected chi connectivity index (χ2v) is 5.68. The molecule has 1 saturated heterocycles. The molecule has 1 aromatic rings. The Balaban J connectivity index is 2.48. The van der Waals surface area contributed by atoms with Crippen molar-refractivity contribution in [1.29, 1.82) is 0 Å². The van der Waals surface area contributed by atoms with Crippen LogP contribution in [0.5, 0.6) is 0 Å². The third-order valence-electron chi connectivity index (χ3n) is 3.50. The zero-order valence-electron chi connectivity index (χ0n) is 14.2. The van der Waals surface area contributed by atoms with Crippen LogP contribution in [-0.2, 0) is 23.9 Å². The van der Waals surface area contributed by atoms with Crippen LogP contribution in [-0.4, -0.2) is 51.4 Å². The molecule has 0 bridgehead atoms. The topological polar surface area (TPSA) is 153 Å². The number of nitro benzene ring substituents is 1. The standard InChI is InChI=1S/C16H11N3O8S/c1-27-15(24)14(23)10(7-18-12(21)6-11(20)17-16(18)28)13(22)8-2-4-9(5-3-8)19(25)26/h2-5,7H,6H2,1H3,(H,17,20,28)/b10-7-. The second-order valence-electron chi connectivity index (χ2n) is 5.29. The normalized spacial score (nSPS) is 14.4. The minimum Gasteiger partial charge on any atom is -0.463 e. The van der Waals surface area contributed by atoms with E-state index in [1.54, 1.807) is 0 Å². The number of nitrogens with zero attached hydrogens (tertiary/aromatic N) is 2. The lowest BCUT2D eigenvalue weighted by molar-refractivity contribution is -0.384. The highest BCUT2D eigenvalue weighted by molar-refractivity contribution is 7.80. The van der Waals surface area contributed by atoms with Gasteiger partial charge in [0.15, 0.2) is 10.9 Å². The van der Waals surface area contributed by atoms with Crippen molar-refractivity contribution in [2.45, 2.75) is 6.42 Å². The number of methoxy groups -OCH3 is 1. The van der Waals surface area contributed by atoms with Crippen molar-refractivity contribution in [2.24, 2.45) is 0 Å². The lowest BCUT2D eigenvalue weighted by Gasteiger charge is -2.24. The zero-order chi connectivity index (χ0) is 21.0. The molecule has 0 atom stereocenters. The summed E-state index contributed by atoms with van der Waals surface area (Å²) in [5.41, 5.74) is -1.22. The van der Waals surface area contributed by atoms with Gasteiger partial charge in [-0.15, -0.1) is 0 Å². The smallest absolute Gasteiger partial charge is 0.379 e. The first-order valence-electron chi connectivity index (χ1n) is 7.45. The Labute approximate surface area is 162 Å². The van der Waals surface area contributed by atoms with E-state index in [-0.39, 0.29) is 16.4 Å². The van der Waals surface area contributed by atoms with E-state index in [1.165, 1.54) is 0 Å². The molecule has 0 aliphatic carbocycles. The number of hydrogen-bond acceptors (Lipinski definition) is 9. The molecule has 12 heteroatoms. The van der Waals surface area contributed by atoms with Gasteiger partial charge in [-0.3, -0.25) is 34.2 Å². The largest absolute Gasteiger partial charge is 0.463 e. The first-order chi connectivity index (χ1) is 13.1. The van der Waals surface area contributed by atoms with Crippen molar-refractivity contribution in [3.05, 3.63) is 51.7 Å². The quantitative estimate of drug-likeness (QED) is 0.0795. The van der Waals surface area contributed by atoms with Gasteiger partial charge in [0.25, 0.3) is 11.5 Å². The Kier molecular flexibility index (Phi) is 6.05. The highest BCUT2D eigenvalue weighted by atomic mass is 32.1. The maximum atomic E-state index is 12.7. The molecule has 0 spiro atoms. The second kappa shape index (κ2) is 8.26. The third-order valence-corrected chi connectivity index (χ3v) is 3.80. The van der Waals surface area contributed by atoms with Crippen LogP contribution in [0.1, 0.15) is 16.8 Å². The van der Waals surface area contributed by atoms with E-state index in [2.05, 4.69) is 10.1 Å². The van der Waals surface area contributed by atoms with E-state index in [9.17, 15) is 34.1 Å². The minimum atomic E-state index is -1.37. The molecule has 2 amide bonds. The van der Waals surface area contributed by atoms with Gasteiger partial charge in [-0.2, -0.15) is 0 Å². The number of hydrogen-bond donors (Lipinski definition) is 1. The van der Waals surface area contributed by atoms with Gasteiger partial charge in [-0.25, -0.2) is 4.79 Å². The highest BCUT2D eigenvalue weighted by Gasteiger charge is 2.32. The van der Waals surface area contributed by atoms with E-state index in [4.69, 9.17) is 12.2 Å². The Morgan fingerprint density at radius 1 is 1.25 bits per heavy atom. The number of esters is 1. The number of nitrogens with one attached hydrogen (secondary N) is 1. The fourth-order valence-corrected chi connectivity index (χ4v) is 2.40. The van der Waals surface area contributed by atoms with E-state index < -0.39 is 46.3 Å². The first kappa shape index (κ1) is 20.5. The van der Waals surface area contributed by atoms with Gasteiger partial charge in [-0.05, 0) is 24.4 Å². The number of rotatable bonds is 6. The average molecular weight is 405 g/mol. The third kappa shape index (κ3) is 4.29. The number of carbonyl (C=O) groups is 5. The van der Waals surface area contributed by atoms with Crippen LogP contribution in [0.25, 0.3) is 0 Å². The summed E-state index contributed by atoms with van der Waals surface area (Å²) < 4.78 is 4.31. The molecule has 28 heavy (non-hydrogen) atoms. The number of thiocarbonyl (C=S) groups is 1. The van der Waals surface area contributed by atoms with Crippen LogP contribution in [0.4, 0.5) is 5.69 Å². The summed E-state index contributed by atoms with van der Waals surface area (Å²) >= 11 is 4.84. The zero-order valence-corrected chi connectivity index (χ0v) is 15.0. The van der Waals surface area contributed by atoms with E-state index in [0.717, 1.165) is 37.6 Å². The summed E-state index contributed by atoms with van der Waals surface area (Å²) in [4.78, 5) is 70.6. The van der Waals surface area contributed by atoms with Gasteiger partial charge in [0, 0.05) is 23.9 Å². The molecular weight excluding hydrogens is 394 g/mol. The average Bonchev–Trinajstić information content (AvgIpc) is 2.65. The van der Waals surface area contributed by atoms with Crippen LogP contribution in [0.15, 0.2) is 36.0 Å². The lowest BCUT2D eigenvalue weighted by Crippen LogP contribution is -2.50. The summed E-state index contributed by atoms with van der Waals surface area (Å²) in [7, 11) is 0.922. The van der Waals surface area contributed by atoms with E-state index in [1.807, 2.05) is 0 Å². The molecule has 1 aliphatic rings. The van der Waals surface area contributed by atoms with Crippen LogP contribution in [0.2, 0.25) is 0 Å². The SMILES string of the molecule is COC(=O)C(=O)/C(=C\N1C(=O)CC(=O)NC1=S)C(=O)c1ccc([N+](=O)[O-])cc1. The van der Waals surface area contributed by atoms with E-state index >= 15 is 0 Å². The van der Waals surface area contributed by atoms with Crippen molar-refractivity contribution in [3.8, 4) is 0 Å². The fraction of sp³-hybridized carbons (Fsp3) is 0.125. The molecule has 1 fully saturated rings. The number of amides is 2. The molecule has 0 radical (unpaired) electrons. The molecule has 2 rings (SSSR count). The molecular formula is C16H11N3O8S. The molecule has 0 aromatic heterocycles. The fourth-order valence-electron chi connectivity index (χ4n) is 2.13. The number of Topliss-reactive ketones (excluding diaryl/α,β-unsaturated/α-hetero) is 2. The van der Waals surface area contributed by atoms with Crippen molar-refractivity contribution >= 4 is 52.4 Å². The maximum Gasteiger partial charge on any atom is 0.379 e. The van der Waals surface area contributed by atoms with Crippen LogP contribution in [0.3, 0.4) is 0 Å². The van der Waals surface area contributed by atoms with Gasteiger partial charge in [0.05, 0.1) is 17.6 Å². The molecule has 1 aliphatic heterocycles. The Bertz CT molecular complexity index is 931. The van der Waals surface area contributed by atoms with Gasteiger partial charge in [0.1, 0.15) is 6.42 Å². The highest BCUT2D eigenvalue weighted by Crippen LogP contribution is 2.17. The van der Waals surface area contributed by atoms with Crippen LogP contribution < -0.4 is 5.32 Å². The van der Waals surface area contributed by atoms with Crippen molar-refractivity contribution in [2.75, 3.05) is 7.11 Å². The van der Waals surface area contributed by atoms with Crippen molar-refractivity contribution in [1.82, 2.24) is 10.2 Å². The van der Waals surface area contributed by atoms with Crippen molar-refractivity contribution < 1.29 is 33.6 Å². The van der Waals surface area contributed by atoms with Crippen molar-refractivity contribution in [3.63, 3.8) is 0 Å². The summed E-state index contributed by atoms with van der Waals surface area (Å²) in [5, 5.41) is 12.5. The Hall–Kier alpha value is -3.80. The molecule has 144 valence electrons. The predicted octanol–water partition coefficient (Wildman–Crippen LogP) is 0.0369. The number of ketones is 2. The van der Waals surface area contributed by atoms with Gasteiger partial charge in [0.2, 0.25) is 11.8 Å².